The lowest BCUT2D eigenvalue weighted by molar-refractivity contribution is -0.129. The minimum Gasteiger partial charge on any atom is -0.350 e. The Morgan fingerprint density at radius 3 is 3.00 bits per heavy atom. The van der Waals surface area contributed by atoms with Crippen molar-refractivity contribution in [3.63, 3.8) is 0 Å². The third kappa shape index (κ3) is 3.57. The van der Waals surface area contributed by atoms with Gasteiger partial charge in [-0.2, -0.15) is 10.4 Å². The van der Waals surface area contributed by atoms with Gasteiger partial charge in [0, 0.05) is 41.3 Å². The number of benzene rings is 1. The largest absolute Gasteiger partial charge is 0.350 e. The maximum absolute atomic E-state index is 13.8. The number of aromatic amines is 2. The van der Waals surface area contributed by atoms with E-state index in [-0.39, 0.29) is 35.5 Å². The number of H-pyrrole nitrogens is 2. The molecule has 4 rings (SSSR count). The number of fused-ring (bicyclic) bond motifs is 1. The van der Waals surface area contributed by atoms with Crippen molar-refractivity contribution in [2.75, 3.05) is 13.1 Å². The summed E-state index contributed by atoms with van der Waals surface area (Å²) in [6.07, 6.45) is 2.57. The van der Waals surface area contributed by atoms with Crippen LogP contribution in [-0.4, -0.2) is 51.0 Å². The average Bonchev–Trinajstić information content (AvgIpc) is 3.42. The van der Waals surface area contributed by atoms with Gasteiger partial charge in [0.25, 0.3) is 5.91 Å². The van der Waals surface area contributed by atoms with Crippen molar-refractivity contribution in [1.82, 2.24) is 25.4 Å². The molecule has 0 spiro atoms. The number of nitrogens with zero attached hydrogens (tertiary/aromatic N) is 3. The first-order valence-electron chi connectivity index (χ1n) is 9.25. The number of halogens is 1. The quantitative estimate of drug-likeness (QED) is 0.625. The summed E-state index contributed by atoms with van der Waals surface area (Å²) in [5.41, 5.74) is 2.41. The van der Waals surface area contributed by atoms with Crippen LogP contribution in [0.25, 0.3) is 10.9 Å². The predicted molar refractivity (Wildman–Crippen MR) is 102 cm³/mol. The molecule has 1 aromatic carbocycles. The minimum atomic E-state index is -0.622. The monoisotopic (exact) mass is 394 g/mol. The molecule has 2 aromatic heterocycles. The molecule has 2 amide bonds. The summed E-state index contributed by atoms with van der Waals surface area (Å²) in [6, 6.07) is 5.83. The van der Waals surface area contributed by atoms with E-state index in [2.05, 4.69) is 20.5 Å². The number of nitrogens with one attached hydrogen (secondary N) is 3. The number of carbonyl (C=O) groups excluding carboxylic acids is 2. The molecule has 3 aromatic rings. The molecule has 0 saturated carbocycles. The number of amides is 2. The lowest BCUT2D eigenvalue weighted by Crippen LogP contribution is -2.39. The number of nitriles is 1. The molecule has 1 atom stereocenters. The van der Waals surface area contributed by atoms with Crippen LogP contribution in [0, 0.1) is 24.1 Å². The molecule has 9 heteroatoms. The second-order valence-corrected chi connectivity index (χ2v) is 7.17. The van der Waals surface area contributed by atoms with E-state index in [1.807, 2.05) is 13.0 Å². The van der Waals surface area contributed by atoms with Gasteiger partial charge in [-0.05, 0) is 31.5 Å². The molecule has 148 valence electrons. The van der Waals surface area contributed by atoms with Crippen molar-refractivity contribution >= 4 is 22.7 Å². The van der Waals surface area contributed by atoms with Crippen LogP contribution in [0.4, 0.5) is 4.39 Å². The molecule has 3 N–H and O–H groups in total. The van der Waals surface area contributed by atoms with E-state index in [0.29, 0.717) is 30.4 Å². The Balaban J connectivity index is 1.41. The summed E-state index contributed by atoms with van der Waals surface area (Å²) < 4.78 is 13.8. The number of aromatic nitrogens is 3. The predicted octanol–water partition coefficient (Wildman–Crippen LogP) is 1.78. The summed E-state index contributed by atoms with van der Waals surface area (Å²) in [7, 11) is 0. The van der Waals surface area contributed by atoms with Crippen LogP contribution in [0.15, 0.2) is 24.4 Å². The number of carbonyl (C=O) groups is 2. The van der Waals surface area contributed by atoms with Crippen LogP contribution in [0.3, 0.4) is 0 Å². The first-order valence-corrected chi connectivity index (χ1v) is 9.25. The van der Waals surface area contributed by atoms with Crippen molar-refractivity contribution in [3.8, 4) is 6.07 Å². The normalized spacial score (nSPS) is 16.2. The Labute approximate surface area is 165 Å². The Morgan fingerprint density at radius 1 is 1.45 bits per heavy atom. The molecule has 1 aliphatic heterocycles. The molecule has 29 heavy (non-hydrogen) atoms. The van der Waals surface area contributed by atoms with Gasteiger partial charge in [0.2, 0.25) is 5.91 Å². The molecule has 0 radical (unpaired) electrons. The fraction of sp³-hybridized carbons (Fsp3) is 0.300. The molecule has 1 fully saturated rings. The Morgan fingerprint density at radius 2 is 2.28 bits per heavy atom. The highest BCUT2D eigenvalue weighted by Gasteiger charge is 2.28. The van der Waals surface area contributed by atoms with Gasteiger partial charge in [-0.25, -0.2) is 4.39 Å². The number of hydrogen-bond acceptors (Lipinski definition) is 4. The van der Waals surface area contributed by atoms with Gasteiger partial charge >= 0.3 is 0 Å². The molecular formula is C20H19FN6O2. The lowest BCUT2D eigenvalue weighted by atomic mass is 10.1. The summed E-state index contributed by atoms with van der Waals surface area (Å²) in [6.45, 7) is 2.86. The van der Waals surface area contributed by atoms with Gasteiger partial charge < -0.3 is 15.2 Å². The molecule has 3 heterocycles. The van der Waals surface area contributed by atoms with Crippen LogP contribution in [0.1, 0.15) is 33.7 Å². The number of likely N-dealkylation sites (tertiary alicyclic amines) is 1. The van der Waals surface area contributed by atoms with E-state index < -0.39 is 5.82 Å². The summed E-state index contributed by atoms with van der Waals surface area (Å²) in [4.78, 5) is 29.7. The smallest absolute Gasteiger partial charge is 0.268 e. The second-order valence-electron chi connectivity index (χ2n) is 7.17. The maximum Gasteiger partial charge on any atom is 0.268 e. The highest BCUT2D eigenvalue weighted by Crippen LogP contribution is 2.22. The number of hydrogen-bond donors (Lipinski definition) is 3. The lowest BCUT2D eigenvalue weighted by Gasteiger charge is -2.17. The molecule has 0 aliphatic carbocycles. The van der Waals surface area contributed by atoms with Gasteiger partial charge in [0.1, 0.15) is 17.6 Å². The van der Waals surface area contributed by atoms with E-state index >= 15 is 0 Å². The zero-order chi connectivity index (χ0) is 20.5. The van der Waals surface area contributed by atoms with Crippen LogP contribution >= 0.6 is 0 Å². The average molecular weight is 394 g/mol. The molecular weight excluding hydrogens is 375 g/mol. The Hall–Kier alpha value is -3.67. The van der Waals surface area contributed by atoms with Gasteiger partial charge in [-0.3, -0.25) is 14.7 Å². The number of aryl methyl sites for hydroxylation is 1. The highest BCUT2D eigenvalue weighted by molar-refractivity contribution is 5.99. The highest BCUT2D eigenvalue weighted by atomic mass is 19.1. The van der Waals surface area contributed by atoms with Crippen LogP contribution in [-0.2, 0) is 11.2 Å². The third-order valence-corrected chi connectivity index (χ3v) is 5.26. The van der Waals surface area contributed by atoms with Crippen LogP contribution in [0.5, 0.6) is 0 Å². The second kappa shape index (κ2) is 7.39. The summed E-state index contributed by atoms with van der Waals surface area (Å²) in [5.74, 6) is -0.981. The summed E-state index contributed by atoms with van der Waals surface area (Å²) in [5, 5.41) is 19.2. The fourth-order valence-corrected chi connectivity index (χ4v) is 3.61. The third-order valence-electron chi connectivity index (χ3n) is 5.26. The SMILES string of the molecule is Cc1[nH]ncc1CC(=O)N1CC[C@@H](NC(=O)c2cc3c(C#N)c(F)ccc3[nH]2)C1. The molecule has 0 bridgehead atoms. The number of rotatable bonds is 4. The van der Waals surface area contributed by atoms with Crippen molar-refractivity contribution in [3.05, 3.63) is 52.7 Å². The van der Waals surface area contributed by atoms with E-state index in [0.717, 1.165) is 11.3 Å². The van der Waals surface area contributed by atoms with Crippen molar-refractivity contribution < 1.29 is 14.0 Å². The first-order chi connectivity index (χ1) is 14.0. The molecule has 0 unspecified atom stereocenters. The van der Waals surface area contributed by atoms with Gasteiger partial charge in [0.05, 0.1) is 18.2 Å². The van der Waals surface area contributed by atoms with Crippen molar-refractivity contribution in [2.45, 2.75) is 25.8 Å². The molecule has 1 aliphatic rings. The first kappa shape index (κ1) is 18.7. The molecule has 8 nitrogen and oxygen atoms in total. The minimum absolute atomic E-state index is 0.00833. The van der Waals surface area contributed by atoms with Gasteiger partial charge in [-0.1, -0.05) is 0 Å². The van der Waals surface area contributed by atoms with E-state index in [9.17, 15) is 14.0 Å². The summed E-state index contributed by atoms with van der Waals surface area (Å²) >= 11 is 0. The van der Waals surface area contributed by atoms with Crippen LogP contribution < -0.4 is 5.32 Å². The Kier molecular flexibility index (Phi) is 4.76. The van der Waals surface area contributed by atoms with Crippen molar-refractivity contribution in [1.29, 1.82) is 5.26 Å². The van der Waals surface area contributed by atoms with E-state index in [1.54, 1.807) is 11.1 Å². The molecule has 1 saturated heterocycles. The van der Waals surface area contributed by atoms with E-state index in [4.69, 9.17) is 5.26 Å². The zero-order valence-electron chi connectivity index (χ0n) is 15.8. The van der Waals surface area contributed by atoms with Crippen LogP contribution in [0.2, 0.25) is 0 Å². The van der Waals surface area contributed by atoms with Crippen molar-refractivity contribution in [2.24, 2.45) is 0 Å². The standard InChI is InChI=1S/C20H19FN6O2/c1-11-12(9-23-26-11)6-19(28)27-5-4-13(10-27)24-20(29)18-7-14-15(8-22)16(21)2-3-17(14)25-18/h2-3,7,9,13,25H,4-6,10H2,1H3,(H,23,26)(H,24,29)/t13-/m1/s1. The topological polar surface area (TPSA) is 118 Å². The van der Waals surface area contributed by atoms with E-state index in [1.165, 1.54) is 18.2 Å². The fourth-order valence-electron chi connectivity index (χ4n) is 3.61. The zero-order valence-corrected chi connectivity index (χ0v) is 15.8. The van der Waals surface area contributed by atoms with Gasteiger partial charge in [0.15, 0.2) is 0 Å². The Bertz CT molecular complexity index is 1140. The maximum atomic E-state index is 13.8. The van der Waals surface area contributed by atoms with Gasteiger partial charge in [-0.15, -0.1) is 0 Å².